The van der Waals surface area contributed by atoms with Crippen LogP contribution in [0.1, 0.15) is 94.4 Å². The van der Waals surface area contributed by atoms with Crippen molar-refractivity contribution in [3.63, 3.8) is 0 Å². The van der Waals surface area contributed by atoms with Gasteiger partial charge >= 0.3 is 0 Å². The maximum absolute atomic E-state index is 11.9. The normalized spacial score (nSPS) is 19.1. The Morgan fingerprint density at radius 3 is 2.17 bits per heavy atom. The molecule has 0 bridgehead atoms. The van der Waals surface area contributed by atoms with Crippen LogP contribution in [0, 0.1) is 5.92 Å². The van der Waals surface area contributed by atoms with Crippen molar-refractivity contribution in [2.45, 2.75) is 106 Å². The van der Waals surface area contributed by atoms with E-state index in [0.29, 0.717) is 30.6 Å². The Bertz CT molecular complexity index is 598. The lowest BCUT2D eigenvalue weighted by Crippen LogP contribution is -2.49. The van der Waals surface area contributed by atoms with Crippen LogP contribution in [-0.4, -0.2) is 17.4 Å². The third kappa shape index (κ3) is 9.06. The van der Waals surface area contributed by atoms with Crippen molar-refractivity contribution in [1.82, 2.24) is 10.6 Å². The number of carbonyl (C=O) groups excluding carboxylic acids is 1. The van der Waals surface area contributed by atoms with Gasteiger partial charge in [-0.05, 0) is 70.7 Å². The Kier molecular flexibility index (Phi) is 13.4. The largest absolute Gasteiger partial charge is 0.388 e. The van der Waals surface area contributed by atoms with Crippen molar-refractivity contribution in [3.8, 4) is 0 Å². The average Bonchev–Trinajstić information content (AvgIpc) is 2.73. The van der Waals surface area contributed by atoms with E-state index in [9.17, 15) is 4.79 Å². The lowest BCUT2D eigenvalue weighted by molar-refractivity contribution is -0.121. The van der Waals surface area contributed by atoms with Crippen molar-refractivity contribution in [2.75, 3.05) is 0 Å². The SMILES string of the molecule is CC.C\C=C/C=C\C(NC1(/C(C)=C/NC(C)C(C)C)CCC(=O)CC1)=C(/C)CC. The minimum absolute atomic E-state index is 0.163. The smallest absolute Gasteiger partial charge is 0.133 e. The zero-order valence-corrected chi connectivity index (χ0v) is 20.5. The number of rotatable bonds is 9. The summed E-state index contributed by atoms with van der Waals surface area (Å²) < 4.78 is 0. The van der Waals surface area contributed by atoms with E-state index in [1.165, 1.54) is 16.8 Å². The Hall–Kier alpha value is -1.77. The fraction of sp³-hybridized carbons (Fsp3) is 0.654. The standard InChI is InChI=1S/C24H40N2O.C2H6/c1-8-10-11-12-23(19(5)9-2)26-24(15-13-22(27)14-16-24)20(6)17-25-21(7)18(3)4;1-2/h8,10-12,17-18,21,25-26H,9,13-16H2,1-7H3;1-2H3/b10-8-,12-11-,20-17+,23-19-;. The third-order valence-electron chi connectivity index (χ3n) is 5.91. The number of Topliss-reactive ketones (excluding diaryl/α,β-unsaturated/α-hetero) is 1. The minimum Gasteiger partial charge on any atom is -0.388 e. The molecule has 3 nitrogen and oxygen atoms in total. The Labute approximate surface area is 180 Å². The second kappa shape index (κ2) is 14.3. The molecule has 166 valence electrons. The van der Waals surface area contributed by atoms with E-state index in [2.05, 4.69) is 76.6 Å². The molecule has 0 radical (unpaired) electrons. The molecule has 0 heterocycles. The lowest BCUT2D eigenvalue weighted by atomic mass is 9.76. The van der Waals surface area contributed by atoms with E-state index in [-0.39, 0.29) is 5.54 Å². The highest BCUT2D eigenvalue weighted by Gasteiger charge is 2.36. The molecule has 0 spiro atoms. The van der Waals surface area contributed by atoms with Crippen LogP contribution in [0.4, 0.5) is 0 Å². The number of hydrogen-bond donors (Lipinski definition) is 2. The highest BCUT2D eigenvalue weighted by Crippen LogP contribution is 2.34. The van der Waals surface area contributed by atoms with Crippen LogP contribution in [0.25, 0.3) is 0 Å². The molecule has 0 aliphatic heterocycles. The molecule has 29 heavy (non-hydrogen) atoms. The molecule has 0 aromatic carbocycles. The van der Waals surface area contributed by atoms with Gasteiger partial charge in [0.1, 0.15) is 5.78 Å². The predicted octanol–water partition coefficient (Wildman–Crippen LogP) is 6.84. The summed E-state index contributed by atoms with van der Waals surface area (Å²) in [6, 6.07) is 0.421. The summed E-state index contributed by atoms with van der Waals surface area (Å²) in [6.45, 7) is 19.3. The van der Waals surface area contributed by atoms with Gasteiger partial charge < -0.3 is 10.6 Å². The maximum Gasteiger partial charge on any atom is 0.133 e. The van der Waals surface area contributed by atoms with E-state index in [4.69, 9.17) is 0 Å². The number of carbonyl (C=O) groups is 1. The summed E-state index contributed by atoms with van der Waals surface area (Å²) in [6.07, 6.45) is 14.5. The van der Waals surface area contributed by atoms with Gasteiger partial charge in [-0.25, -0.2) is 0 Å². The molecule has 3 heteroatoms. The molecule has 0 amide bonds. The first-order valence-corrected chi connectivity index (χ1v) is 11.5. The average molecular weight is 403 g/mol. The number of nitrogens with one attached hydrogen (secondary N) is 2. The summed E-state index contributed by atoms with van der Waals surface area (Å²) in [5, 5.41) is 7.40. The van der Waals surface area contributed by atoms with Gasteiger partial charge in [0.05, 0.1) is 5.54 Å². The van der Waals surface area contributed by atoms with E-state index in [1.54, 1.807) is 0 Å². The molecular weight excluding hydrogens is 356 g/mol. The van der Waals surface area contributed by atoms with Crippen molar-refractivity contribution >= 4 is 5.78 Å². The van der Waals surface area contributed by atoms with Gasteiger partial charge in [-0.1, -0.05) is 58.4 Å². The molecule has 0 aromatic heterocycles. The van der Waals surface area contributed by atoms with Crippen LogP contribution in [0.3, 0.4) is 0 Å². The van der Waals surface area contributed by atoms with Crippen LogP contribution in [0.5, 0.6) is 0 Å². The Balaban J connectivity index is 0.00000379. The highest BCUT2D eigenvalue weighted by molar-refractivity contribution is 5.79. The Morgan fingerprint density at radius 1 is 1.10 bits per heavy atom. The molecule has 2 N–H and O–H groups in total. The third-order valence-corrected chi connectivity index (χ3v) is 5.91. The topological polar surface area (TPSA) is 41.1 Å². The molecule has 0 aromatic rings. The van der Waals surface area contributed by atoms with Crippen LogP contribution in [0.2, 0.25) is 0 Å². The summed E-state index contributed by atoms with van der Waals surface area (Å²) in [4.78, 5) is 11.9. The molecule has 1 rings (SSSR count). The molecule has 1 aliphatic carbocycles. The van der Waals surface area contributed by atoms with Gasteiger partial charge in [-0.2, -0.15) is 0 Å². The first-order valence-electron chi connectivity index (χ1n) is 11.5. The lowest BCUT2D eigenvalue weighted by Gasteiger charge is -2.40. The van der Waals surface area contributed by atoms with Crippen LogP contribution < -0.4 is 10.6 Å². The van der Waals surface area contributed by atoms with Gasteiger partial charge in [-0.3, -0.25) is 4.79 Å². The first-order chi connectivity index (χ1) is 13.8. The van der Waals surface area contributed by atoms with Crippen molar-refractivity contribution < 1.29 is 4.79 Å². The summed E-state index contributed by atoms with van der Waals surface area (Å²) in [5.74, 6) is 0.957. The van der Waals surface area contributed by atoms with Gasteiger partial charge in [0.25, 0.3) is 0 Å². The van der Waals surface area contributed by atoms with Gasteiger partial charge in [0.15, 0.2) is 0 Å². The molecule has 1 aliphatic rings. The van der Waals surface area contributed by atoms with Gasteiger partial charge in [-0.15, -0.1) is 0 Å². The quantitative estimate of drug-likeness (QED) is 0.415. The predicted molar refractivity (Wildman–Crippen MR) is 129 cm³/mol. The first kappa shape index (κ1) is 27.2. The maximum atomic E-state index is 11.9. The van der Waals surface area contributed by atoms with E-state index >= 15 is 0 Å². The fourth-order valence-corrected chi connectivity index (χ4v) is 3.16. The fourth-order valence-electron chi connectivity index (χ4n) is 3.16. The monoisotopic (exact) mass is 402 g/mol. The summed E-state index contributed by atoms with van der Waals surface area (Å²) >= 11 is 0. The van der Waals surface area contributed by atoms with Crippen molar-refractivity contribution in [2.24, 2.45) is 5.92 Å². The van der Waals surface area contributed by atoms with Gasteiger partial charge in [0.2, 0.25) is 0 Å². The summed E-state index contributed by atoms with van der Waals surface area (Å²) in [5.41, 5.74) is 3.63. The second-order valence-corrected chi connectivity index (χ2v) is 8.20. The van der Waals surface area contributed by atoms with E-state index < -0.39 is 0 Å². The minimum atomic E-state index is -0.163. The molecule has 1 saturated carbocycles. The van der Waals surface area contributed by atoms with Crippen molar-refractivity contribution in [3.05, 3.63) is 47.3 Å². The van der Waals surface area contributed by atoms with Gasteiger partial charge in [0, 0.05) is 24.6 Å². The van der Waals surface area contributed by atoms with E-state index in [0.717, 1.165) is 19.3 Å². The summed E-state index contributed by atoms with van der Waals surface area (Å²) in [7, 11) is 0. The molecular formula is C26H46N2O. The molecule has 1 atom stereocenters. The molecule has 1 unspecified atom stereocenters. The Morgan fingerprint density at radius 2 is 1.69 bits per heavy atom. The second-order valence-electron chi connectivity index (χ2n) is 8.20. The zero-order chi connectivity index (χ0) is 22.4. The van der Waals surface area contributed by atoms with Crippen LogP contribution in [-0.2, 0) is 4.79 Å². The zero-order valence-electron chi connectivity index (χ0n) is 20.5. The van der Waals surface area contributed by atoms with Crippen molar-refractivity contribution in [1.29, 1.82) is 0 Å². The molecule has 1 fully saturated rings. The van der Waals surface area contributed by atoms with Crippen LogP contribution >= 0.6 is 0 Å². The highest BCUT2D eigenvalue weighted by atomic mass is 16.1. The number of ketones is 1. The van der Waals surface area contributed by atoms with E-state index in [1.807, 2.05) is 26.8 Å². The number of allylic oxidation sites excluding steroid dienone is 5. The number of hydrogen-bond acceptors (Lipinski definition) is 3. The molecule has 0 saturated heterocycles. The van der Waals surface area contributed by atoms with Crippen LogP contribution in [0.15, 0.2) is 47.3 Å².